The van der Waals surface area contributed by atoms with Crippen LogP contribution in [-0.4, -0.2) is 67.2 Å². The van der Waals surface area contributed by atoms with Gasteiger partial charge < -0.3 is 19.1 Å². The Morgan fingerprint density at radius 2 is 2.04 bits per heavy atom. The third-order valence-corrected chi connectivity index (χ3v) is 4.09. The van der Waals surface area contributed by atoms with E-state index in [4.69, 9.17) is 14.2 Å². The minimum absolute atomic E-state index is 0.133. The Morgan fingerprint density at radius 1 is 1.29 bits per heavy atom. The van der Waals surface area contributed by atoms with E-state index in [9.17, 15) is 14.4 Å². The average Bonchev–Trinajstić information content (AvgIpc) is 3.19. The summed E-state index contributed by atoms with van der Waals surface area (Å²) in [4.78, 5) is 38.2. The predicted molar refractivity (Wildman–Crippen MR) is 81.7 cm³/mol. The van der Waals surface area contributed by atoms with Crippen molar-refractivity contribution in [3.05, 3.63) is 24.3 Å². The van der Waals surface area contributed by atoms with Crippen LogP contribution >= 0.6 is 0 Å². The summed E-state index contributed by atoms with van der Waals surface area (Å²) in [6.45, 7) is 0.413. The Kier molecular flexibility index (Phi) is 4.54. The number of nitrogens with zero attached hydrogens (tertiary/aromatic N) is 2. The molecule has 3 amide bonds. The number of hydrogen-bond donors (Lipinski definition) is 0. The summed E-state index contributed by atoms with van der Waals surface area (Å²) in [7, 11) is 1.53. The molecule has 1 aromatic rings. The van der Waals surface area contributed by atoms with E-state index in [2.05, 4.69) is 0 Å². The molecule has 0 unspecified atom stereocenters. The van der Waals surface area contributed by atoms with Crippen LogP contribution in [0.2, 0.25) is 0 Å². The van der Waals surface area contributed by atoms with Crippen LogP contribution in [0.5, 0.6) is 11.5 Å². The monoisotopic (exact) mass is 334 g/mol. The Balaban J connectivity index is 1.55. The molecule has 0 bridgehead atoms. The fraction of sp³-hybridized carbons (Fsp3) is 0.438. The molecule has 1 atom stereocenters. The zero-order chi connectivity index (χ0) is 17.1. The summed E-state index contributed by atoms with van der Waals surface area (Å²) >= 11 is 0. The number of carbonyl (C=O) groups excluding carboxylic acids is 3. The van der Waals surface area contributed by atoms with Gasteiger partial charge in [-0.3, -0.25) is 9.59 Å². The predicted octanol–water partition coefficient (Wildman–Crippen LogP) is 0.654. The molecule has 2 saturated heterocycles. The SMILES string of the molecule is COc1ccccc1OCC(=O)N1CC[C@H](N2C(=O)COC2=O)C1. The Morgan fingerprint density at radius 3 is 2.71 bits per heavy atom. The first kappa shape index (κ1) is 16.1. The summed E-state index contributed by atoms with van der Waals surface area (Å²) in [6, 6.07) is 6.74. The van der Waals surface area contributed by atoms with Gasteiger partial charge in [0.05, 0.1) is 13.2 Å². The summed E-state index contributed by atoms with van der Waals surface area (Å²) in [5.74, 6) is 0.477. The van der Waals surface area contributed by atoms with Gasteiger partial charge in [-0.1, -0.05) is 12.1 Å². The van der Waals surface area contributed by atoms with Crippen molar-refractivity contribution in [2.45, 2.75) is 12.5 Å². The van der Waals surface area contributed by atoms with E-state index in [1.165, 1.54) is 7.11 Å². The number of likely N-dealkylation sites (tertiary alicyclic amines) is 1. The zero-order valence-corrected chi connectivity index (χ0v) is 13.3. The molecule has 2 aliphatic heterocycles. The van der Waals surface area contributed by atoms with Crippen molar-refractivity contribution in [1.82, 2.24) is 9.80 Å². The Bertz CT molecular complexity index is 646. The van der Waals surface area contributed by atoms with Crippen LogP contribution in [0, 0.1) is 0 Å². The van der Waals surface area contributed by atoms with Crippen molar-refractivity contribution in [3.8, 4) is 11.5 Å². The van der Waals surface area contributed by atoms with E-state index in [0.29, 0.717) is 31.0 Å². The topological polar surface area (TPSA) is 85.4 Å². The Labute approximate surface area is 138 Å². The van der Waals surface area contributed by atoms with Crippen LogP contribution < -0.4 is 9.47 Å². The van der Waals surface area contributed by atoms with Crippen molar-refractivity contribution in [2.75, 3.05) is 33.4 Å². The number of para-hydroxylation sites is 2. The standard InChI is InChI=1S/C16H18N2O6/c1-22-12-4-2-3-5-13(12)23-9-14(19)17-7-6-11(8-17)18-15(20)10-24-16(18)21/h2-5,11H,6-10H2,1H3/t11-/m0/s1. The highest BCUT2D eigenvalue weighted by atomic mass is 16.6. The van der Waals surface area contributed by atoms with E-state index >= 15 is 0 Å². The van der Waals surface area contributed by atoms with Crippen LogP contribution in [0.3, 0.4) is 0 Å². The van der Waals surface area contributed by atoms with E-state index in [1.807, 2.05) is 6.07 Å². The maximum atomic E-state index is 12.3. The maximum absolute atomic E-state index is 12.3. The zero-order valence-electron chi connectivity index (χ0n) is 13.3. The van der Waals surface area contributed by atoms with Gasteiger partial charge in [-0.25, -0.2) is 9.69 Å². The van der Waals surface area contributed by atoms with Gasteiger partial charge in [0.15, 0.2) is 24.7 Å². The molecule has 1 aromatic carbocycles. The molecule has 0 aromatic heterocycles. The second-order valence-corrected chi connectivity index (χ2v) is 5.54. The molecule has 0 saturated carbocycles. The fourth-order valence-corrected chi connectivity index (χ4v) is 2.87. The van der Waals surface area contributed by atoms with Gasteiger partial charge in [-0.2, -0.15) is 0 Å². The number of imide groups is 1. The smallest absolute Gasteiger partial charge is 0.417 e. The fourth-order valence-electron chi connectivity index (χ4n) is 2.87. The van der Waals surface area contributed by atoms with Gasteiger partial charge in [0.2, 0.25) is 0 Å². The molecule has 2 fully saturated rings. The summed E-state index contributed by atoms with van der Waals surface area (Å²) in [5.41, 5.74) is 0. The highest BCUT2D eigenvalue weighted by Gasteiger charge is 2.41. The number of rotatable bonds is 5. The largest absolute Gasteiger partial charge is 0.493 e. The molecule has 0 radical (unpaired) electrons. The first-order chi connectivity index (χ1) is 11.6. The van der Waals surface area contributed by atoms with Crippen LogP contribution in [0.15, 0.2) is 24.3 Å². The summed E-state index contributed by atoms with van der Waals surface area (Å²) < 4.78 is 15.4. The molecule has 128 valence electrons. The molecule has 0 aliphatic carbocycles. The summed E-state index contributed by atoms with van der Waals surface area (Å²) in [5, 5.41) is 0. The van der Waals surface area contributed by atoms with Gasteiger partial charge in [-0.05, 0) is 18.6 Å². The van der Waals surface area contributed by atoms with Crippen LogP contribution in [0.25, 0.3) is 0 Å². The molecule has 8 heteroatoms. The molecule has 2 heterocycles. The van der Waals surface area contributed by atoms with Crippen molar-refractivity contribution >= 4 is 17.9 Å². The number of methoxy groups -OCH3 is 1. The van der Waals surface area contributed by atoms with Crippen molar-refractivity contribution < 1.29 is 28.6 Å². The lowest BCUT2D eigenvalue weighted by molar-refractivity contribution is -0.133. The highest BCUT2D eigenvalue weighted by molar-refractivity contribution is 5.98. The maximum Gasteiger partial charge on any atom is 0.417 e. The third kappa shape index (κ3) is 3.12. The second-order valence-electron chi connectivity index (χ2n) is 5.54. The molecule has 3 rings (SSSR count). The lowest BCUT2D eigenvalue weighted by atomic mass is 10.2. The molecular weight excluding hydrogens is 316 g/mol. The van der Waals surface area contributed by atoms with Gasteiger partial charge in [-0.15, -0.1) is 0 Å². The number of amides is 3. The van der Waals surface area contributed by atoms with E-state index < -0.39 is 6.09 Å². The molecule has 0 N–H and O–H groups in total. The van der Waals surface area contributed by atoms with Crippen molar-refractivity contribution in [3.63, 3.8) is 0 Å². The quantitative estimate of drug-likeness (QED) is 0.786. The normalized spacial score (nSPS) is 20.3. The second kappa shape index (κ2) is 6.77. The van der Waals surface area contributed by atoms with E-state index in [0.717, 1.165) is 4.90 Å². The van der Waals surface area contributed by atoms with Gasteiger partial charge in [0.25, 0.3) is 11.8 Å². The van der Waals surface area contributed by atoms with Crippen molar-refractivity contribution in [1.29, 1.82) is 0 Å². The third-order valence-electron chi connectivity index (χ3n) is 4.09. The molecule has 24 heavy (non-hydrogen) atoms. The van der Waals surface area contributed by atoms with E-state index in [1.54, 1.807) is 23.1 Å². The first-order valence-corrected chi connectivity index (χ1v) is 7.62. The number of hydrogen-bond acceptors (Lipinski definition) is 6. The molecular formula is C16H18N2O6. The minimum atomic E-state index is -0.635. The number of carbonyl (C=O) groups is 3. The lowest BCUT2D eigenvalue weighted by Crippen LogP contribution is -2.42. The van der Waals surface area contributed by atoms with Crippen LogP contribution in [-0.2, 0) is 14.3 Å². The van der Waals surface area contributed by atoms with Gasteiger partial charge in [0.1, 0.15) is 0 Å². The Hall–Kier alpha value is -2.77. The molecule has 0 spiro atoms. The average molecular weight is 334 g/mol. The highest BCUT2D eigenvalue weighted by Crippen LogP contribution is 2.26. The van der Waals surface area contributed by atoms with Gasteiger partial charge >= 0.3 is 6.09 Å². The first-order valence-electron chi connectivity index (χ1n) is 7.62. The number of benzene rings is 1. The van der Waals surface area contributed by atoms with Crippen molar-refractivity contribution in [2.24, 2.45) is 0 Å². The lowest BCUT2D eigenvalue weighted by Gasteiger charge is -2.20. The van der Waals surface area contributed by atoms with E-state index in [-0.39, 0.29) is 31.1 Å². The molecule has 8 nitrogen and oxygen atoms in total. The summed E-state index contributed by atoms with van der Waals surface area (Å²) in [6.07, 6.45) is -0.0918. The van der Waals surface area contributed by atoms with Crippen LogP contribution in [0.1, 0.15) is 6.42 Å². The number of ether oxygens (including phenoxy) is 3. The van der Waals surface area contributed by atoms with Gasteiger partial charge in [0, 0.05) is 13.1 Å². The van der Waals surface area contributed by atoms with Crippen LogP contribution in [0.4, 0.5) is 4.79 Å². The number of cyclic esters (lactones) is 1. The molecule has 2 aliphatic rings. The minimum Gasteiger partial charge on any atom is -0.493 e.